The molecule has 74 valence electrons. The van der Waals surface area contributed by atoms with Gasteiger partial charge in [0.25, 0.3) is 0 Å². The Bertz CT molecular complexity index is 245. The van der Waals surface area contributed by atoms with E-state index in [0.29, 0.717) is 6.04 Å². The molecule has 1 aromatic rings. The molecule has 0 amide bonds. The van der Waals surface area contributed by atoms with E-state index in [2.05, 4.69) is 36.9 Å². The Morgan fingerprint density at radius 2 is 2.38 bits per heavy atom. The minimum Gasteiger partial charge on any atom is -0.309 e. The van der Waals surface area contributed by atoms with Crippen LogP contribution in [0.2, 0.25) is 0 Å². The summed E-state index contributed by atoms with van der Waals surface area (Å²) in [6, 6.07) is 2.79. The fourth-order valence-electron chi connectivity index (χ4n) is 1.16. The molecule has 13 heavy (non-hydrogen) atoms. The van der Waals surface area contributed by atoms with Gasteiger partial charge < -0.3 is 5.32 Å². The number of aryl methyl sites for hydroxylation is 1. The monoisotopic (exact) mass is 215 g/mol. The molecule has 0 bridgehead atoms. The third-order valence-corrected chi connectivity index (χ3v) is 3.85. The minimum atomic E-state index is 0.608. The maximum Gasteiger partial charge on any atom is 0.0305 e. The van der Waals surface area contributed by atoms with E-state index in [0.717, 1.165) is 6.54 Å². The first kappa shape index (κ1) is 11.1. The van der Waals surface area contributed by atoms with E-state index in [1.165, 1.54) is 16.2 Å². The molecule has 0 fully saturated rings. The van der Waals surface area contributed by atoms with E-state index in [1.807, 2.05) is 23.1 Å². The van der Waals surface area contributed by atoms with Crippen LogP contribution in [0.25, 0.3) is 0 Å². The summed E-state index contributed by atoms with van der Waals surface area (Å²) < 4.78 is 0. The van der Waals surface area contributed by atoms with E-state index in [9.17, 15) is 0 Å². The van der Waals surface area contributed by atoms with Crippen LogP contribution in [0.3, 0.4) is 0 Å². The molecule has 1 N–H and O–H groups in total. The van der Waals surface area contributed by atoms with E-state index in [4.69, 9.17) is 0 Å². The zero-order valence-corrected chi connectivity index (χ0v) is 10.1. The first-order valence-electron chi connectivity index (χ1n) is 4.49. The minimum absolute atomic E-state index is 0.608. The predicted molar refractivity (Wildman–Crippen MR) is 63.7 cm³/mol. The van der Waals surface area contributed by atoms with Crippen molar-refractivity contribution in [3.05, 3.63) is 21.9 Å². The van der Waals surface area contributed by atoms with Crippen LogP contribution >= 0.6 is 23.1 Å². The highest BCUT2D eigenvalue weighted by molar-refractivity contribution is 7.98. The average molecular weight is 215 g/mol. The van der Waals surface area contributed by atoms with Gasteiger partial charge in [-0.05, 0) is 37.1 Å². The second-order valence-corrected chi connectivity index (χ2v) is 5.18. The van der Waals surface area contributed by atoms with Gasteiger partial charge in [-0.2, -0.15) is 11.8 Å². The van der Waals surface area contributed by atoms with Gasteiger partial charge >= 0.3 is 0 Å². The van der Waals surface area contributed by atoms with Crippen LogP contribution in [0.4, 0.5) is 0 Å². The summed E-state index contributed by atoms with van der Waals surface area (Å²) in [6.07, 6.45) is 2.15. The lowest BCUT2D eigenvalue weighted by Crippen LogP contribution is -2.27. The Labute approximate surface area is 88.9 Å². The van der Waals surface area contributed by atoms with Gasteiger partial charge in [0, 0.05) is 23.2 Å². The molecule has 0 aromatic carbocycles. The topological polar surface area (TPSA) is 12.0 Å². The molecule has 0 radical (unpaired) electrons. The van der Waals surface area contributed by atoms with Gasteiger partial charge in [-0.15, -0.1) is 11.3 Å². The Hall–Kier alpha value is 0.0100. The zero-order chi connectivity index (χ0) is 9.68. The van der Waals surface area contributed by atoms with E-state index in [-0.39, 0.29) is 0 Å². The Morgan fingerprint density at radius 3 is 2.92 bits per heavy atom. The van der Waals surface area contributed by atoms with Crippen molar-refractivity contribution in [2.24, 2.45) is 0 Å². The summed E-state index contributed by atoms with van der Waals surface area (Å²) in [5, 5.41) is 5.67. The Morgan fingerprint density at radius 1 is 1.62 bits per heavy atom. The molecule has 0 aliphatic carbocycles. The second kappa shape index (κ2) is 5.68. The number of hydrogen-bond donors (Lipinski definition) is 1. The van der Waals surface area contributed by atoms with Gasteiger partial charge in [0.1, 0.15) is 0 Å². The highest BCUT2D eigenvalue weighted by Crippen LogP contribution is 2.15. The summed E-state index contributed by atoms with van der Waals surface area (Å²) in [7, 11) is 0. The highest BCUT2D eigenvalue weighted by atomic mass is 32.2. The van der Waals surface area contributed by atoms with E-state index < -0.39 is 0 Å². The van der Waals surface area contributed by atoms with Crippen molar-refractivity contribution in [1.82, 2.24) is 5.32 Å². The fraction of sp³-hybridized carbons (Fsp3) is 0.600. The molecular weight excluding hydrogens is 198 g/mol. The molecule has 1 heterocycles. The highest BCUT2D eigenvalue weighted by Gasteiger charge is 2.02. The van der Waals surface area contributed by atoms with Crippen LogP contribution in [0.1, 0.15) is 17.4 Å². The van der Waals surface area contributed by atoms with Crippen LogP contribution in [0, 0.1) is 6.92 Å². The van der Waals surface area contributed by atoms with Crippen molar-refractivity contribution in [2.75, 3.05) is 12.0 Å². The zero-order valence-electron chi connectivity index (χ0n) is 8.46. The largest absolute Gasteiger partial charge is 0.309 e. The lowest BCUT2D eigenvalue weighted by molar-refractivity contribution is 0.599. The lowest BCUT2D eigenvalue weighted by atomic mass is 10.3. The number of hydrogen-bond acceptors (Lipinski definition) is 3. The van der Waals surface area contributed by atoms with Gasteiger partial charge in [-0.25, -0.2) is 0 Å². The van der Waals surface area contributed by atoms with Gasteiger partial charge in [0.2, 0.25) is 0 Å². The van der Waals surface area contributed by atoms with Crippen molar-refractivity contribution in [1.29, 1.82) is 0 Å². The molecule has 1 atom stereocenters. The van der Waals surface area contributed by atoms with E-state index >= 15 is 0 Å². The van der Waals surface area contributed by atoms with Gasteiger partial charge in [0.05, 0.1) is 0 Å². The first-order chi connectivity index (χ1) is 6.24. The Kier molecular flexibility index (Phi) is 4.84. The standard InChI is InChI=1S/C10H17NS2/c1-8-4-5-13-10(8)6-11-9(2)7-12-3/h4-5,9,11H,6-7H2,1-3H3. The molecule has 0 aliphatic rings. The number of thiophene rings is 1. The van der Waals surface area contributed by atoms with Crippen LogP contribution in [-0.2, 0) is 6.54 Å². The number of thioether (sulfide) groups is 1. The van der Waals surface area contributed by atoms with Crippen molar-refractivity contribution in [3.63, 3.8) is 0 Å². The second-order valence-electron chi connectivity index (χ2n) is 3.26. The predicted octanol–water partition coefficient (Wildman–Crippen LogP) is 2.90. The van der Waals surface area contributed by atoms with Crippen molar-refractivity contribution in [2.45, 2.75) is 26.4 Å². The summed E-state index contributed by atoms with van der Waals surface area (Å²) in [5.74, 6) is 1.18. The SMILES string of the molecule is CSCC(C)NCc1sccc1C. The first-order valence-corrected chi connectivity index (χ1v) is 6.76. The summed E-state index contributed by atoms with van der Waals surface area (Å²) >= 11 is 3.73. The maximum absolute atomic E-state index is 3.52. The maximum atomic E-state index is 3.52. The van der Waals surface area contributed by atoms with Crippen molar-refractivity contribution < 1.29 is 0 Å². The molecule has 0 saturated heterocycles. The quantitative estimate of drug-likeness (QED) is 0.810. The van der Waals surface area contributed by atoms with Crippen LogP contribution < -0.4 is 5.32 Å². The normalized spacial score (nSPS) is 13.2. The molecule has 0 spiro atoms. The molecule has 3 heteroatoms. The van der Waals surface area contributed by atoms with E-state index in [1.54, 1.807) is 0 Å². The molecule has 1 aromatic heterocycles. The van der Waals surface area contributed by atoms with Crippen LogP contribution in [-0.4, -0.2) is 18.1 Å². The van der Waals surface area contributed by atoms with Crippen LogP contribution in [0.5, 0.6) is 0 Å². The van der Waals surface area contributed by atoms with Gasteiger partial charge in [-0.3, -0.25) is 0 Å². The average Bonchev–Trinajstić information content (AvgIpc) is 2.48. The third kappa shape index (κ3) is 3.71. The summed E-state index contributed by atoms with van der Waals surface area (Å²) in [4.78, 5) is 1.47. The molecule has 0 aliphatic heterocycles. The third-order valence-electron chi connectivity index (χ3n) is 2.00. The lowest BCUT2D eigenvalue weighted by Gasteiger charge is -2.11. The van der Waals surface area contributed by atoms with Crippen molar-refractivity contribution in [3.8, 4) is 0 Å². The summed E-state index contributed by atoms with van der Waals surface area (Å²) in [5.41, 5.74) is 1.41. The summed E-state index contributed by atoms with van der Waals surface area (Å²) in [6.45, 7) is 5.43. The number of rotatable bonds is 5. The van der Waals surface area contributed by atoms with Gasteiger partial charge in [0.15, 0.2) is 0 Å². The smallest absolute Gasteiger partial charge is 0.0305 e. The Balaban J connectivity index is 2.30. The fourth-order valence-corrected chi connectivity index (χ4v) is 2.64. The van der Waals surface area contributed by atoms with Gasteiger partial charge in [-0.1, -0.05) is 0 Å². The molecule has 1 nitrogen and oxygen atoms in total. The molecule has 0 saturated carbocycles. The number of nitrogens with one attached hydrogen (secondary N) is 1. The van der Waals surface area contributed by atoms with Crippen LogP contribution in [0.15, 0.2) is 11.4 Å². The van der Waals surface area contributed by atoms with Crippen molar-refractivity contribution >= 4 is 23.1 Å². The molecular formula is C10H17NS2. The molecule has 1 unspecified atom stereocenters. The molecule has 1 rings (SSSR count).